The van der Waals surface area contributed by atoms with Crippen LogP contribution in [0.4, 0.5) is 0 Å². The van der Waals surface area contributed by atoms with Gasteiger partial charge in [0.15, 0.2) is 0 Å². The van der Waals surface area contributed by atoms with Gasteiger partial charge in [0, 0.05) is 12.1 Å². The van der Waals surface area contributed by atoms with E-state index < -0.39 is 0 Å². The van der Waals surface area contributed by atoms with Gasteiger partial charge in [-0.1, -0.05) is 0 Å². The van der Waals surface area contributed by atoms with E-state index in [-0.39, 0.29) is 6.10 Å². The number of benzene rings is 1. The molecule has 0 amide bonds. The summed E-state index contributed by atoms with van der Waals surface area (Å²) in [5.41, 5.74) is 7.44. The topological polar surface area (TPSA) is 53.7 Å². The SMILES string of the molecule is COc1cc(C(C)OCCN)c(OC)cc1C. The van der Waals surface area contributed by atoms with Gasteiger partial charge in [-0.2, -0.15) is 0 Å². The van der Waals surface area contributed by atoms with E-state index in [2.05, 4.69) is 0 Å². The highest BCUT2D eigenvalue weighted by molar-refractivity contribution is 5.46. The lowest BCUT2D eigenvalue weighted by molar-refractivity contribution is 0.0698. The Bertz CT molecular complexity index is 366. The Morgan fingerprint density at radius 1 is 1.18 bits per heavy atom. The number of hydrogen-bond acceptors (Lipinski definition) is 4. The molecule has 0 heterocycles. The molecule has 4 heteroatoms. The van der Waals surface area contributed by atoms with E-state index in [9.17, 15) is 0 Å². The van der Waals surface area contributed by atoms with E-state index in [4.69, 9.17) is 19.9 Å². The number of aryl methyl sites for hydroxylation is 1. The third-order valence-corrected chi connectivity index (χ3v) is 2.67. The van der Waals surface area contributed by atoms with E-state index in [1.807, 2.05) is 26.0 Å². The molecule has 1 aromatic carbocycles. The Kier molecular flexibility index (Phi) is 5.25. The molecule has 2 N–H and O–H groups in total. The van der Waals surface area contributed by atoms with Gasteiger partial charge < -0.3 is 19.9 Å². The maximum Gasteiger partial charge on any atom is 0.125 e. The van der Waals surface area contributed by atoms with Gasteiger partial charge in [-0.15, -0.1) is 0 Å². The number of hydrogen-bond donors (Lipinski definition) is 1. The lowest BCUT2D eigenvalue weighted by Gasteiger charge is -2.18. The maximum atomic E-state index is 5.60. The monoisotopic (exact) mass is 239 g/mol. The average Bonchev–Trinajstić information content (AvgIpc) is 2.35. The van der Waals surface area contributed by atoms with Crippen LogP contribution in [0.3, 0.4) is 0 Å². The molecule has 1 atom stereocenters. The minimum atomic E-state index is -0.0667. The van der Waals surface area contributed by atoms with Crippen molar-refractivity contribution >= 4 is 0 Å². The second kappa shape index (κ2) is 6.47. The Hall–Kier alpha value is -1.26. The Morgan fingerprint density at radius 2 is 1.82 bits per heavy atom. The lowest BCUT2D eigenvalue weighted by Crippen LogP contribution is -2.11. The van der Waals surface area contributed by atoms with Gasteiger partial charge in [-0.05, 0) is 31.5 Å². The summed E-state index contributed by atoms with van der Waals surface area (Å²) in [4.78, 5) is 0. The second-order valence-electron chi connectivity index (χ2n) is 3.87. The van der Waals surface area contributed by atoms with Crippen LogP contribution in [0.5, 0.6) is 11.5 Å². The molecule has 0 saturated carbocycles. The Balaban J connectivity index is 3.02. The van der Waals surface area contributed by atoms with Crippen molar-refractivity contribution in [1.29, 1.82) is 0 Å². The van der Waals surface area contributed by atoms with Crippen LogP contribution in [-0.4, -0.2) is 27.4 Å². The molecule has 1 aromatic rings. The zero-order chi connectivity index (χ0) is 12.8. The fraction of sp³-hybridized carbons (Fsp3) is 0.538. The quantitative estimate of drug-likeness (QED) is 0.825. The lowest BCUT2D eigenvalue weighted by atomic mass is 10.1. The predicted molar refractivity (Wildman–Crippen MR) is 67.7 cm³/mol. The molecule has 1 rings (SSSR count). The number of nitrogens with two attached hydrogens (primary N) is 1. The standard InChI is InChI=1S/C13H21NO3/c1-9-7-13(16-4)11(8-12(9)15-3)10(2)17-6-5-14/h7-8,10H,5-6,14H2,1-4H3. The summed E-state index contributed by atoms with van der Waals surface area (Å²) in [6.45, 7) is 5.00. The minimum Gasteiger partial charge on any atom is -0.496 e. The first kappa shape index (κ1) is 13.8. The van der Waals surface area contributed by atoms with E-state index in [1.165, 1.54) is 0 Å². The normalized spacial score (nSPS) is 12.3. The fourth-order valence-corrected chi connectivity index (χ4v) is 1.73. The summed E-state index contributed by atoms with van der Waals surface area (Å²) in [7, 11) is 3.31. The van der Waals surface area contributed by atoms with Crippen molar-refractivity contribution < 1.29 is 14.2 Å². The predicted octanol–water partition coefficient (Wildman–Crippen LogP) is 2.05. The van der Waals surface area contributed by atoms with Crippen molar-refractivity contribution in [2.75, 3.05) is 27.4 Å². The van der Waals surface area contributed by atoms with Gasteiger partial charge in [-0.25, -0.2) is 0 Å². The fourth-order valence-electron chi connectivity index (χ4n) is 1.73. The first-order valence-electron chi connectivity index (χ1n) is 5.68. The minimum absolute atomic E-state index is 0.0667. The molecule has 0 spiro atoms. The summed E-state index contributed by atoms with van der Waals surface area (Å²) in [6, 6.07) is 3.91. The van der Waals surface area contributed by atoms with Gasteiger partial charge in [-0.3, -0.25) is 0 Å². The number of rotatable bonds is 6. The van der Waals surface area contributed by atoms with Crippen LogP contribution in [0.1, 0.15) is 24.2 Å². The molecule has 0 aliphatic heterocycles. The molecule has 1 unspecified atom stereocenters. The number of methoxy groups -OCH3 is 2. The smallest absolute Gasteiger partial charge is 0.125 e. The van der Waals surface area contributed by atoms with Crippen molar-refractivity contribution in [1.82, 2.24) is 0 Å². The van der Waals surface area contributed by atoms with E-state index in [0.717, 1.165) is 22.6 Å². The zero-order valence-electron chi connectivity index (χ0n) is 10.9. The maximum absolute atomic E-state index is 5.60. The highest BCUT2D eigenvalue weighted by Crippen LogP contribution is 2.33. The highest BCUT2D eigenvalue weighted by atomic mass is 16.5. The van der Waals surface area contributed by atoms with Crippen LogP contribution in [0.25, 0.3) is 0 Å². The van der Waals surface area contributed by atoms with Crippen LogP contribution in [0, 0.1) is 6.92 Å². The van der Waals surface area contributed by atoms with Crippen LogP contribution >= 0.6 is 0 Å². The second-order valence-corrected chi connectivity index (χ2v) is 3.87. The molecule has 0 saturated heterocycles. The van der Waals surface area contributed by atoms with Crippen molar-refractivity contribution in [2.24, 2.45) is 5.73 Å². The molecular weight excluding hydrogens is 218 g/mol. The van der Waals surface area contributed by atoms with Crippen molar-refractivity contribution in [3.8, 4) is 11.5 Å². The largest absolute Gasteiger partial charge is 0.496 e. The molecule has 0 aromatic heterocycles. The molecule has 0 radical (unpaired) electrons. The van der Waals surface area contributed by atoms with Gasteiger partial charge in [0.05, 0.1) is 26.9 Å². The summed E-state index contributed by atoms with van der Waals surface area (Å²) in [5, 5.41) is 0. The first-order valence-corrected chi connectivity index (χ1v) is 5.68. The Morgan fingerprint density at radius 3 is 2.35 bits per heavy atom. The van der Waals surface area contributed by atoms with Crippen molar-refractivity contribution in [3.63, 3.8) is 0 Å². The first-order chi connectivity index (χ1) is 8.13. The zero-order valence-corrected chi connectivity index (χ0v) is 10.9. The van der Waals surface area contributed by atoms with E-state index >= 15 is 0 Å². The van der Waals surface area contributed by atoms with Crippen molar-refractivity contribution in [3.05, 3.63) is 23.3 Å². The molecule has 0 aliphatic carbocycles. The summed E-state index contributed by atoms with van der Waals surface area (Å²) in [5.74, 6) is 1.65. The third-order valence-electron chi connectivity index (χ3n) is 2.67. The van der Waals surface area contributed by atoms with Gasteiger partial charge in [0.1, 0.15) is 11.5 Å². The van der Waals surface area contributed by atoms with Crippen molar-refractivity contribution in [2.45, 2.75) is 20.0 Å². The molecule has 0 fully saturated rings. The van der Waals surface area contributed by atoms with Crippen LogP contribution in [0.2, 0.25) is 0 Å². The third kappa shape index (κ3) is 3.35. The van der Waals surface area contributed by atoms with Gasteiger partial charge in [0.2, 0.25) is 0 Å². The van der Waals surface area contributed by atoms with Gasteiger partial charge in [0.25, 0.3) is 0 Å². The van der Waals surface area contributed by atoms with E-state index in [1.54, 1.807) is 14.2 Å². The molecule has 4 nitrogen and oxygen atoms in total. The Labute approximate surface area is 103 Å². The number of ether oxygens (including phenoxy) is 3. The van der Waals surface area contributed by atoms with E-state index in [0.29, 0.717) is 13.2 Å². The van der Waals surface area contributed by atoms with Crippen LogP contribution < -0.4 is 15.2 Å². The summed E-state index contributed by atoms with van der Waals surface area (Å²) >= 11 is 0. The van der Waals surface area contributed by atoms with Crippen LogP contribution in [-0.2, 0) is 4.74 Å². The van der Waals surface area contributed by atoms with Gasteiger partial charge >= 0.3 is 0 Å². The molecule has 96 valence electrons. The molecule has 0 aliphatic rings. The van der Waals surface area contributed by atoms with Crippen LogP contribution in [0.15, 0.2) is 12.1 Å². The summed E-state index contributed by atoms with van der Waals surface area (Å²) < 4.78 is 16.3. The molecule has 17 heavy (non-hydrogen) atoms. The summed E-state index contributed by atoms with van der Waals surface area (Å²) in [6.07, 6.45) is -0.0667. The molecular formula is C13H21NO3. The highest BCUT2D eigenvalue weighted by Gasteiger charge is 2.14. The molecule has 0 bridgehead atoms. The average molecular weight is 239 g/mol.